The minimum absolute atomic E-state index is 0.298. The predicted molar refractivity (Wildman–Crippen MR) is 117 cm³/mol. The molecule has 4 heterocycles. The molecule has 0 amide bonds. The van der Waals surface area contributed by atoms with Gasteiger partial charge in [-0.3, -0.25) is 9.88 Å². The van der Waals surface area contributed by atoms with E-state index in [1.165, 1.54) is 0 Å². The first-order valence-corrected chi connectivity index (χ1v) is 10.8. The van der Waals surface area contributed by atoms with Crippen molar-refractivity contribution in [3.63, 3.8) is 0 Å². The minimum Gasteiger partial charge on any atom is -0.440 e. The van der Waals surface area contributed by atoms with Gasteiger partial charge >= 0.3 is 0 Å². The summed E-state index contributed by atoms with van der Waals surface area (Å²) in [6.07, 6.45) is 6.68. The average Bonchev–Trinajstić information content (AvgIpc) is 3.37. The summed E-state index contributed by atoms with van der Waals surface area (Å²) in [6, 6.07) is 13.9. The number of likely N-dealkylation sites (tertiary alicyclic amines) is 1. The molecule has 1 saturated heterocycles. The van der Waals surface area contributed by atoms with Crippen LogP contribution in [0.3, 0.4) is 0 Å². The molecule has 5 rings (SSSR count). The van der Waals surface area contributed by atoms with Crippen LogP contribution >= 0.6 is 12.2 Å². The predicted octanol–water partition coefficient (Wildman–Crippen LogP) is 4.03. The van der Waals surface area contributed by atoms with Crippen LogP contribution in [0.5, 0.6) is 0 Å². The second kappa shape index (κ2) is 8.49. The van der Waals surface area contributed by atoms with E-state index in [1.807, 2.05) is 64.2 Å². The maximum atomic E-state index is 6.02. The lowest BCUT2D eigenvalue weighted by molar-refractivity contribution is 0.147. The number of aromatic nitrogens is 5. The van der Waals surface area contributed by atoms with Gasteiger partial charge in [-0.15, -0.1) is 0 Å². The van der Waals surface area contributed by atoms with Crippen molar-refractivity contribution in [1.82, 2.24) is 29.2 Å². The second-order valence-corrected chi connectivity index (χ2v) is 8.12. The van der Waals surface area contributed by atoms with Crippen LogP contribution < -0.4 is 0 Å². The highest BCUT2D eigenvalue weighted by Gasteiger charge is 2.26. The minimum atomic E-state index is 0.298. The highest BCUT2D eigenvalue weighted by atomic mass is 32.1. The van der Waals surface area contributed by atoms with Crippen molar-refractivity contribution in [2.75, 3.05) is 13.1 Å². The van der Waals surface area contributed by atoms with Crippen LogP contribution in [0.25, 0.3) is 11.1 Å². The molecule has 0 bridgehead atoms. The molecule has 1 aromatic carbocycles. The van der Waals surface area contributed by atoms with Crippen molar-refractivity contribution in [2.45, 2.75) is 38.4 Å². The van der Waals surface area contributed by atoms with E-state index in [1.54, 1.807) is 0 Å². The lowest BCUT2D eigenvalue weighted by Gasteiger charge is -2.30. The molecule has 0 aliphatic carbocycles. The number of oxazole rings is 1. The van der Waals surface area contributed by atoms with Gasteiger partial charge in [-0.2, -0.15) is 5.10 Å². The topological polar surface area (TPSA) is 64.9 Å². The second-order valence-electron chi connectivity index (χ2n) is 7.75. The summed E-state index contributed by atoms with van der Waals surface area (Å²) in [5.41, 5.74) is 2.85. The molecule has 1 fully saturated rings. The molecule has 0 saturated carbocycles. The quantitative estimate of drug-likeness (QED) is 0.439. The van der Waals surface area contributed by atoms with Crippen LogP contribution in [0, 0.1) is 4.77 Å². The zero-order chi connectivity index (χ0) is 20.3. The van der Waals surface area contributed by atoms with Gasteiger partial charge in [-0.05, 0) is 55.9 Å². The molecule has 1 unspecified atom stereocenters. The van der Waals surface area contributed by atoms with Crippen molar-refractivity contribution in [1.29, 1.82) is 0 Å². The fourth-order valence-corrected chi connectivity index (χ4v) is 4.29. The zero-order valence-corrected chi connectivity index (χ0v) is 17.5. The smallest absolute Gasteiger partial charge is 0.199 e. The Labute approximate surface area is 180 Å². The van der Waals surface area contributed by atoms with E-state index >= 15 is 0 Å². The first kappa shape index (κ1) is 19.1. The fourth-order valence-electron chi connectivity index (χ4n) is 4.04. The molecule has 154 valence electrons. The van der Waals surface area contributed by atoms with E-state index in [9.17, 15) is 0 Å². The fraction of sp³-hybridized carbons (Fsp3) is 0.364. The van der Waals surface area contributed by atoms with E-state index < -0.39 is 0 Å². The maximum absolute atomic E-state index is 6.02. The Morgan fingerprint density at radius 1 is 1.13 bits per heavy atom. The Morgan fingerprint density at radius 3 is 2.90 bits per heavy atom. The molecule has 3 aromatic heterocycles. The van der Waals surface area contributed by atoms with E-state index in [4.69, 9.17) is 21.6 Å². The molecular weight excluding hydrogens is 396 g/mol. The molecule has 0 spiro atoms. The SMILES string of the molecule is S=c1n(CCc2ccccn2)cnn1CN1CCCC(c2nc3ccccc3o2)C1. The number of rotatable bonds is 6. The number of para-hydroxylation sites is 2. The Morgan fingerprint density at radius 2 is 2.03 bits per heavy atom. The van der Waals surface area contributed by atoms with Gasteiger partial charge in [-0.1, -0.05) is 18.2 Å². The summed E-state index contributed by atoms with van der Waals surface area (Å²) in [5, 5.41) is 4.53. The number of pyridine rings is 1. The summed E-state index contributed by atoms with van der Waals surface area (Å²) in [6.45, 7) is 3.39. The molecule has 0 radical (unpaired) electrons. The van der Waals surface area contributed by atoms with Gasteiger partial charge in [0.25, 0.3) is 0 Å². The van der Waals surface area contributed by atoms with Crippen LogP contribution in [-0.4, -0.2) is 42.3 Å². The summed E-state index contributed by atoms with van der Waals surface area (Å²) in [7, 11) is 0. The molecule has 1 atom stereocenters. The Balaban J connectivity index is 1.24. The average molecular weight is 421 g/mol. The van der Waals surface area contributed by atoms with Crippen LogP contribution in [-0.2, 0) is 19.6 Å². The van der Waals surface area contributed by atoms with Gasteiger partial charge in [0.2, 0.25) is 0 Å². The number of benzene rings is 1. The molecule has 8 heteroatoms. The summed E-state index contributed by atoms with van der Waals surface area (Å²) in [5.74, 6) is 1.14. The molecule has 1 aliphatic heterocycles. The van der Waals surface area contributed by atoms with Crippen molar-refractivity contribution < 1.29 is 4.42 Å². The Kier molecular flexibility index (Phi) is 5.42. The van der Waals surface area contributed by atoms with E-state index in [2.05, 4.69) is 15.0 Å². The summed E-state index contributed by atoms with van der Waals surface area (Å²) < 4.78 is 10.7. The van der Waals surface area contributed by atoms with Crippen LogP contribution in [0.15, 0.2) is 59.4 Å². The van der Waals surface area contributed by atoms with E-state index in [0.717, 1.165) is 66.4 Å². The largest absolute Gasteiger partial charge is 0.440 e. The first-order valence-electron chi connectivity index (χ1n) is 10.4. The van der Waals surface area contributed by atoms with Gasteiger partial charge in [0, 0.05) is 37.3 Å². The molecule has 30 heavy (non-hydrogen) atoms. The van der Waals surface area contributed by atoms with Crippen LogP contribution in [0.2, 0.25) is 0 Å². The maximum Gasteiger partial charge on any atom is 0.199 e. The van der Waals surface area contributed by atoms with Crippen molar-refractivity contribution in [3.05, 3.63) is 71.3 Å². The highest BCUT2D eigenvalue weighted by Crippen LogP contribution is 2.29. The number of nitrogens with zero attached hydrogens (tertiary/aromatic N) is 6. The number of hydrogen-bond acceptors (Lipinski definition) is 6. The van der Waals surface area contributed by atoms with Crippen molar-refractivity contribution in [2.24, 2.45) is 0 Å². The third-order valence-corrected chi connectivity index (χ3v) is 6.08. The normalized spacial score (nSPS) is 17.5. The molecule has 0 N–H and O–H groups in total. The number of piperidine rings is 1. The lowest BCUT2D eigenvalue weighted by atomic mass is 9.98. The third-order valence-electron chi connectivity index (χ3n) is 5.63. The molecule has 4 aromatic rings. The summed E-state index contributed by atoms with van der Waals surface area (Å²) in [4.78, 5) is 11.5. The van der Waals surface area contributed by atoms with Crippen molar-refractivity contribution >= 4 is 23.3 Å². The van der Waals surface area contributed by atoms with Gasteiger partial charge in [0.1, 0.15) is 11.8 Å². The Bertz CT molecular complexity index is 1150. The highest BCUT2D eigenvalue weighted by molar-refractivity contribution is 7.71. The molecule has 7 nitrogen and oxygen atoms in total. The number of aryl methyl sites for hydroxylation is 2. The first-order chi connectivity index (χ1) is 14.8. The number of fused-ring (bicyclic) bond motifs is 1. The third kappa shape index (κ3) is 4.06. The van der Waals surface area contributed by atoms with Gasteiger partial charge < -0.3 is 8.98 Å². The van der Waals surface area contributed by atoms with Crippen LogP contribution in [0.1, 0.15) is 30.3 Å². The van der Waals surface area contributed by atoms with Gasteiger partial charge in [-0.25, -0.2) is 9.67 Å². The summed E-state index contributed by atoms with van der Waals surface area (Å²) >= 11 is 5.66. The monoisotopic (exact) mass is 420 g/mol. The number of hydrogen-bond donors (Lipinski definition) is 0. The van der Waals surface area contributed by atoms with Crippen molar-refractivity contribution in [3.8, 4) is 0 Å². The van der Waals surface area contributed by atoms with E-state index in [0.29, 0.717) is 12.6 Å². The van der Waals surface area contributed by atoms with Gasteiger partial charge in [0.15, 0.2) is 16.2 Å². The van der Waals surface area contributed by atoms with E-state index in [-0.39, 0.29) is 0 Å². The molecular formula is C22H24N6OS. The standard InChI is InChI=1S/C22H24N6OS/c30-22-27(13-10-18-7-3-4-11-23-18)15-24-28(22)16-26-12-5-6-17(14-26)21-25-19-8-1-2-9-20(19)29-21/h1-4,7-9,11,15,17H,5-6,10,12-14,16H2. The van der Waals surface area contributed by atoms with Crippen LogP contribution in [0.4, 0.5) is 0 Å². The lowest BCUT2D eigenvalue weighted by Crippen LogP contribution is -2.36. The zero-order valence-electron chi connectivity index (χ0n) is 16.7. The molecule has 1 aliphatic rings. The van der Waals surface area contributed by atoms with Gasteiger partial charge in [0.05, 0.1) is 6.67 Å². The Hall–Kier alpha value is -2.84.